The van der Waals surface area contributed by atoms with E-state index in [4.69, 9.17) is 14.6 Å². The highest BCUT2D eigenvalue weighted by molar-refractivity contribution is 5.89. The standard InChI is InChI=1S/C12H14O4/c1-2-6-15-7-8-16-12(14)10-4-3-5-11(13)9-10/h2-5,9,13H,1,6-8H2. The van der Waals surface area contributed by atoms with Crippen molar-refractivity contribution in [2.24, 2.45) is 0 Å². The van der Waals surface area contributed by atoms with Gasteiger partial charge in [0.1, 0.15) is 12.4 Å². The molecule has 1 aromatic rings. The first-order valence-corrected chi connectivity index (χ1v) is 4.89. The summed E-state index contributed by atoms with van der Waals surface area (Å²) in [6, 6.07) is 6.00. The highest BCUT2D eigenvalue weighted by atomic mass is 16.6. The Morgan fingerprint density at radius 1 is 1.44 bits per heavy atom. The van der Waals surface area contributed by atoms with E-state index in [9.17, 15) is 4.79 Å². The van der Waals surface area contributed by atoms with E-state index < -0.39 is 5.97 Å². The molecule has 0 saturated heterocycles. The fourth-order valence-corrected chi connectivity index (χ4v) is 1.08. The number of hydrogen-bond donors (Lipinski definition) is 1. The molecule has 1 aromatic carbocycles. The first-order chi connectivity index (χ1) is 7.74. The van der Waals surface area contributed by atoms with Gasteiger partial charge in [0.25, 0.3) is 0 Å². The molecule has 0 unspecified atom stereocenters. The molecule has 0 spiro atoms. The monoisotopic (exact) mass is 222 g/mol. The first kappa shape index (κ1) is 12.3. The Kier molecular flexibility index (Phi) is 5.08. The third-order valence-corrected chi connectivity index (χ3v) is 1.78. The largest absolute Gasteiger partial charge is 0.508 e. The van der Waals surface area contributed by atoms with Crippen LogP contribution in [0.2, 0.25) is 0 Å². The summed E-state index contributed by atoms with van der Waals surface area (Å²) in [5.41, 5.74) is 0.323. The van der Waals surface area contributed by atoms with E-state index >= 15 is 0 Å². The van der Waals surface area contributed by atoms with Gasteiger partial charge in [0.05, 0.1) is 18.8 Å². The lowest BCUT2D eigenvalue weighted by atomic mass is 10.2. The molecule has 0 aliphatic heterocycles. The topological polar surface area (TPSA) is 55.8 Å². The van der Waals surface area contributed by atoms with Crippen molar-refractivity contribution in [3.63, 3.8) is 0 Å². The van der Waals surface area contributed by atoms with Crippen molar-refractivity contribution in [3.05, 3.63) is 42.5 Å². The van der Waals surface area contributed by atoms with Crippen LogP contribution < -0.4 is 0 Å². The van der Waals surface area contributed by atoms with Crippen molar-refractivity contribution >= 4 is 5.97 Å². The number of aromatic hydroxyl groups is 1. The Balaban J connectivity index is 2.32. The minimum Gasteiger partial charge on any atom is -0.508 e. The summed E-state index contributed by atoms with van der Waals surface area (Å²) in [5.74, 6) is -0.435. The molecular weight excluding hydrogens is 208 g/mol. The number of rotatable bonds is 6. The maximum Gasteiger partial charge on any atom is 0.338 e. The molecule has 0 heterocycles. The van der Waals surface area contributed by atoms with Crippen LogP contribution >= 0.6 is 0 Å². The molecule has 0 radical (unpaired) electrons. The number of phenols is 1. The van der Waals surface area contributed by atoms with Gasteiger partial charge in [0.15, 0.2) is 0 Å². The molecule has 0 saturated carbocycles. The summed E-state index contributed by atoms with van der Waals surface area (Å²) in [7, 11) is 0. The number of esters is 1. The maximum absolute atomic E-state index is 11.4. The highest BCUT2D eigenvalue weighted by Crippen LogP contribution is 2.11. The molecule has 1 rings (SSSR count). The zero-order valence-corrected chi connectivity index (χ0v) is 8.89. The summed E-state index contributed by atoms with van der Waals surface area (Å²) in [6.45, 7) is 4.44. The van der Waals surface area contributed by atoms with Gasteiger partial charge in [0, 0.05) is 0 Å². The van der Waals surface area contributed by atoms with E-state index in [-0.39, 0.29) is 12.4 Å². The number of phenolic OH excluding ortho intramolecular Hbond substituents is 1. The zero-order chi connectivity index (χ0) is 11.8. The maximum atomic E-state index is 11.4. The Hall–Kier alpha value is -1.81. The molecule has 0 amide bonds. The van der Waals surface area contributed by atoms with Gasteiger partial charge in [-0.25, -0.2) is 4.79 Å². The zero-order valence-electron chi connectivity index (χ0n) is 8.89. The Morgan fingerprint density at radius 3 is 2.94 bits per heavy atom. The Labute approximate surface area is 94.1 Å². The number of carbonyl (C=O) groups excluding carboxylic acids is 1. The first-order valence-electron chi connectivity index (χ1n) is 4.89. The molecule has 1 N–H and O–H groups in total. The van der Waals surface area contributed by atoms with Gasteiger partial charge in [-0.3, -0.25) is 0 Å². The smallest absolute Gasteiger partial charge is 0.338 e. The van der Waals surface area contributed by atoms with Crippen molar-refractivity contribution in [2.75, 3.05) is 19.8 Å². The third-order valence-electron chi connectivity index (χ3n) is 1.78. The van der Waals surface area contributed by atoms with Crippen molar-refractivity contribution in [2.45, 2.75) is 0 Å². The van der Waals surface area contributed by atoms with E-state index in [1.54, 1.807) is 18.2 Å². The van der Waals surface area contributed by atoms with Gasteiger partial charge in [0.2, 0.25) is 0 Å². The van der Waals surface area contributed by atoms with E-state index in [0.29, 0.717) is 18.8 Å². The molecule has 86 valence electrons. The van der Waals surface area contributed by atoms with Crippen LogP contribution in [0.1, 0.15) is 10.4 Å². The van der Waals surface area contributed by atoms with Gasteiger partial charge in [-0.1, -0.05) is 12.1 Å². The molecule has 0 fully saturated rings. The highest BCUT2D eigenvalue weighted by Gasteiger charge is 2.06. The fourth-order valence-electron chi connectivity index (χ4n) is 1.08. The molecule has 0 aromatic heterocycles. The number of carbonyl (C=O) groups is 1. The summed E-state index contributed by atoms with van der Waals surface area (Å²) >= 11 is 0. The van der Waals surface area contributed by atoms with E-state index in [0.717, 1.165) is 0 Å². The van der Waals surface area contributed by atoms with Crippen molar-refractivity contribution in [1.82, 2.24) is 0 Å². The van der Waals surface area contributed by atoms with Gasteiger partial charge in [-0.05, 0) is 18.2 Å². The lowest BCUT2D eigenvalue weighted by molar-refractivity contribution is 0.0353. The Bertz CT molecular complexity index is 360. The van der Waals surface area contributed by atoms with Crippen LogP contribution in [0.3, 0.4) is 0 Å². The molecule has 4 heteroatoms. The summed E-state index contributed by atoms with van der Waals surface area (Å²) in [6.07, 6.45) is 1.62. The van der Waals surface area contributed by atoms with E-state index in [1.165, 1.54) is 12.1 Å². The molecule has 0 aliphatic rings. The van der Waals surface area contributed by atoms with Crippen LogP contribution in [0.25, 0.3) is 0 Å². The van der Waals surface area contributed by atoms with Crippen molar-refractivity contribution < 1.29 is 19.4 Å². The molecule has 0 bridgehead atoms. The van der Waals surface area contributed by atoms with Crippen LogP contribution in [0.5, 0.6) is 5.75 Å². The third kappa shape index (κ3) is 4.14. The van der Waals surface area contributed by atoms with Gasteiger partial charge in [-0.15, -0.1) is 6.58 Å². The van der Waals surface area contributed by atoms with Crippen LogP contribution in [-0.4, -0.2) is 30.9 Å². The Morgan fingerprint density at radius 2 is 2.25 bits per heavy atom. The summed E-state index contributed by atoms with van der Waals surface area (Å²) in [4.78, 5) is 11.4. The molecule has 0 aliphatic carbocycles. The van der Waals surface area contributed by atoms with Crippen LogP contribution in [0.4, 0.5) is 0 Å². The predicted molar refractivity (Wildman–Crippen MR) is 59.4 cm³/mol. The number of hydrogen-bond acceptors (Lipinski definition) is 4. The molecule has 16 heavy (non-hydrogen) atoms. The number of benzene rings is 1. The van der Waals surface area contributed by atoms with Gasteiger partial charge in [-0.2, -0.15) is 0 Å². The summed E-state index contributed by atoms with van der Waals surface area (Å²) < 4.78 is 9.97. The SMILES string of the molecule is C=CCOCCOC(=O)c1cccc(O)c1. The van der Waals surface area contributed by atoms with Crippen molar-refractivity contribution in [3.8, 4) is 5.75 Å². The second-order valence-electron chi connectivity index (χ2n) is 3.05. The minimum atomic E-state index is -0.474. The molecular formula is C12H14O4. The van der Waals surface area contributed by atoms with Crippen LogP contribution in [0, 0.1) is 0 Å². The minimum absolute atomic E-state index is 0.0392. The van der Waals surface area contributed by atoms with Crippen LogP contribution in [0.15, 0.2) is 36.9 Å². The van der Waals surface area contributed by atoms with Crippen LogP contribution in [-0.2, 0) is 9.47 Å². The average molecular weight is 222 g/mol. The van der Waals surface area contributed by atoms with E-state index in [1.807, 2.05) is 0 Å². The summed E-state index contributed by atoms with van der Waals surface area (Å²) in [5, 5.41) is 9.16. The normalized spacial score (nSPS) is 9.75. The number of ether oxygens (including phenoxy) is 2. The molecule has 0 atom stereocenters. The van der Waals surface area contributed by atoms with E-state index in [2.05, 4.69) is 6.58 Å². The second-order valence-corrected chi connectivity index (χ2v) is 3.05. The lowest BCUT2D eigenvalue weighted by Gasteiger charge is -2.04. The van der Waals surface area contributed by atoms with Gasteiger partial charge < -0.3 is 14.6 Å². The molecule has 4 nitrogen and oxygen atoms in total. The quantitative estimate of drug-likeness (QED) is 0.452. The fraction of sp³-hybridized carbons (Fsp3) is 0.250. The second kappa shape index (κ2) is 6.63. The van der Waals surface area contributed by atoms with Crippen molar-refractivity contribution in [1.29, 1.82) is 0 Å². The lowest BCUT2D eigenvalue weighted by Crippen LogP contribution is -2.10. The predicted octanol–water partition coefficient (Wildman–Crippen LogP) is 1.75. The van der Waals surface area contributed by atoms with Gasteiger partial charge >= 0.3 is 5.97 Å². The average Bonchev–Trinajstić information content (AvgIpc) is 2.28.